The van der Waals surface area contributed by atoms with Crippen molar-refractivity contribution >= 4 is 39.3 Å². The molecule has 0 aliphatic carbocycles. The average Bonchev–Trinajstić information content (AvgIpc) is 2.45. The highest BCUT2D eigenvalue weighted by Gasteiger charge is 2.31. The van der Waals surface area contributed by atoms with Gasteiger partial charge in [0.25, 0.3) is 5.91 Å². The van der Waals surface area contributed by atoms with Gasteiger partial charge in [-0.25, -0.2) is 0 Å². The predicted molar refractivity (Wildman–Crippen MR) is 83.4 cm³/mol. The fraction of sp³-hybridized carbons (Fsp3) is 0.429. The summed E-state index contributed by atoms with van der Waals surface area (Å²) in [5, 5.41) is 3.19. The van der Waals surface area contributed by atoms with E-state index in [1.54, 1.807) is 23.1 Å². The van der Waals surface area contributed by atoms with Crippen molar-refractivity contribution in [2.45, 2.75) is 19.4 Å². The third kappa shape index (κ3) is 3.89. The van der Waals surface area contributed by atoms with Crippen LogP contribution in [0.3, 0.4) is 0 Å². The Balaban J connectivity index is 1.99. The number of carbonyl (C=O) groups excluding carboxylic acids is 2. The number of amides is 2. The molecule has 5 nitrogen and oxygen atoms in total. The van der Waals surface area contributed by atoms with Crippen LogP contribution in [0.25, 0.3) is 0 Å². The lowest BCUT2D eigenvalue weighted by atomic mass is 10.1. The minimum absolute atomic E-state index is 0.112. The van der Waals surface area contributed by atoms with Crippen molar-refractivity contribution in [2.75, 3.05) is 19.7 Å². The van der Waals surface area contributed by atoms with Gasteiger partial charge in [-0.15, -0.1) is 0 Å². The highest BCUT2D eigenvalue weighted by atomic mass is 79.9. The molecule has 0 saturated carbocycles. The zero-order chi connectivity index (χ0) is 15.4. The van der Waals surface area contributed by atoms with Crippen molar-refractivity contribution in [3.05, 3.63) is 27.7 Å². The summed E-state index contributed by atoms with van der Waals surface area (Å²) in [5.74, 6) is 0.122. The Bertz CT molecular complexity index is 553. The van der Waals surface area contributed by atoms with E-state index in [0.717, 1.165) is 4.47 Å². The summed E-state index contributed by atoms with van der Waals surface area (Å²) in [6.07, 6.45) is 0.580. The maximum atomic E-state index is 12.2. The summed E-state index contributed by atoms with van der Waals surface area (Å²) in [4.78, 5) is 25.5. The lowest BCUT2D eigenvalue weighted by molar-refractivity contribution is -0.144. The van der Waals surface area contributed by atoms with Gasteiger partial charge in [0, 0.05) is 17.6 Å². The van der Waals surface area contributed by atoms with E-state index in [0.29, 0.717) is 30.3 Å². The standard InChI is InChI=1S/C14H16BrClN2O3/c1-2-11-14(20)17-5-6-18(11)13(19)8-21-12-4-3-9(15)7-10(12)16/h3-4,7,11H,2,5-6,8H2,1H3,(H,17,20). The number of rotatable bonds is 4. The lowest BCUT2D eigenvalue weighted by Gasteiger charge is -2.34. The Morgan fingerprint density at radius 3 is 3.00 bits per heavy atom. The zero-order valence-electron chi connectivity index (χ0n) is 11.6. The van der Waals surface area contributed by atoms with Gasteiger partial charge < -0.3 is 15.0 Å². The Morgan fingerprint density at radius 1 is 1.57 bits per heavy atom. The van der Waals surface area contributed by atoms with Crippen LogP contribution in [0.4, 0.5) is 0 Å². The molecule has 1 aliphatic heterocycles. The molecule has 1 N–H and O–H groups in total. The fourth-order valence-corrected chi connectivity index (χ4v) is 2.96. The molecule has 1 aromatic rings. The van der Waals surface area contributed by atoms with Crippen LogP contribution in [-0.4, -0.2) is 42.5 Å². The first-order chi connectivity index (χ1) is 10.0. The van der Waals surface area contributed by atoms with Crippen LogP contribution in [-0.2, 0) is 9.59 Å². The molecule has 1 aliphatic rings. The van der Waals surface area contributed by atoms with Gasteiger partial charge in [0.2, 0.25) is 5.91 Å². The summed E-state index contributed by atoms with van der Waals surface area (Å²) >= 11 is 9.34. The largest absolute Gasteiger partial charge is 0.482 e. The van der Waals surface area contributed by atoms with Crippen LogP contribution in [0.15, 0.2) is 22.7 Å². The van der Waals surface area contributed by atoms with Crippen molar-refractivity contribution in [3.63, 3.8) is 0 Å². The van der Waals surface area contributed by atoms with Crippen LogP contribution in [0, 0.1) is 0 Å². The van der Waals surface area contributed by atoms with E-state index in [1.807, 2.05) is 6.92 Å². The molecular weight excluding hydrogens is 360 g/mol. The fourth-order valence-electron chi connectivity index (χ4n) is 2.23. The number of halogens is 2. The quantitative estimate of drug-likeness (QED) is 0.878. The normalized spacial score (nSPS) is 18.3. The van der Waals surface area contributed by atoms with E-state index in [4.69, 9.17) is 16.3 Å². The van der Waals surface area contributed by atoms with Gasteiger partial charge in [0.05, 0.1) is 5.02 Å². The first-order valence-electron chi connectivity index (χ1n) is 6.68. The molecule has 114 valence electrons. The van der Waals surface area contributed by atoms with E-state index in [2.05, 4.69) is 21.2 Å². The summed E-state index contributed by atoms with van der Waals surface area (Å²) < 4.78 is 6.30. The molecule has 0 bridgehead atoms. The number of benzene rings is 1. The lowest BCUT2D eigenvalue weighted by Crippen LogP contribution is -2.57. The van der Waals surface area contributed by atoms with E-state index >= 15 is 0 Å². The molecular formula is C14H16BrClN2O3. The number of hydrogen-bond acceptors (Lipinski definition) is 3. The van der Waals surface area contributed by atoms with E-state index < -0.39 is 6.04 Å². The summed E-state index contributed by atoms with van der Waals surface area (Å²) in [5.41, 5.74) is 0. The van der Waals surface area contributed by atoms with Gasteiger partial charge in [0.15, 0.2) is 6.61 Å². The minimum Gasteiger partial charge on any atom is -0.482 e. The highest BCUT2D eigenvalue weighted by molar-refractivity contribution is 9.10. The second-order valence-corrected chi connectivity index (χ2v) is 5.99. The topological polar surface area (TPSA) is 58.6 Å². The predicted octanol–water partition coefficient (Wildman–Crippen LogP) is 2.22. The van der Waals surface area contributed by atoms with Crippen LogP contribution in [0.5, 0.6) is 5.75 Å². The molecule has 1 heterocycles. The molecule has 2 amide bonds. The second-order valence-electron chi connectivity index (χ2n) is 4.67. The molecule has 1 saturated heterocycles. The van der Waals surface area contributed by atoms with Crippen LogP contribution in [0.1, 0.15) is 13.3 Å². The molecule has 1 unspecified atom stereocenters. The highest BCUT2D eigenvalue weighted by Crippen LogP contribution is 2.27. The number of ether oxygens (including phenoxy) is 1. The second kappa shape index (κ2) is 7.13. The van der Waals surface area contributed by atoms with E-state index in [9.17, 15) is 9.59 Å². The Labute approximate surface area is 136 Å². The molecule has 1 aromatic carbocycles. The van der Waals surface area contributed by atoms with Gasteiger partial charge >= 0.3 is 0 Å². The van der Waals surface area contributed by atoms with Crippen molar-refractivity contribution in [1.29, 1.82) is 0 Å². The van der Waals surface area contributed by atoms with Crippen molar-refractivity contribution in [3.8, 4) is 5.75 Å². The molecule has 1 atom stereocenters. The monoisotopic (exact) mass is 374 g/mol. The SMILES string of the molecule is CCC1C(=O)NCCN1C(=O)COc1ccc(Br)cc1Cl. The van der Waals surface area contributed by atoms with Crippen LogP contribution < -0.4 is 10.1 Å². The molecule has 0 spiro atoms. The molecule has 7 heteroatoms. The van der Waals surface area contributed by atoms with E-state index in [-0.39, 0.29) is 18.4 Å². The zero-order valence-corrected chi connectivity index (χ0v) is 13.9. The van der Waals surface area contributed by atoms with Gasteiger partial charge in [-0.2, -0.15) is 0 Å². The molecule has 0 radical (unpaired) electrons. The maximum Gasteiger partial charge on any atom is 0.261 e. The third-order valence-corrected chi connectivity index (χ3v) is 4.07. The maximum absolute atomic E-state index is 12.2. The van der Waals surface area contributed by atoms with Gasteiger partial charge in [-0.3, -0.25) is 9.59 Å². The minimum atomic E-state index is -0.421. The van der Waals surface area contributed by atoms with Crippen LogP contribution >= 0.6 is 27.5 Å². The Morgan fingerprint density at radius 2 is 2.33 bits per heavy atom. The summed E-state index contributed by atoms with van der Waals surface area (Å²) in [7, 11) is 0. The van der Waals surface area contributed by atoms with Gasteiger partial charge in [-0.05, 0) is 24.6 Å². The molecule has 21 heavy (non-hydrogen) atoms. The first kappa shape index (κ1) is 16.1. The van der Waals surface area contributed by atoms with E-state index in [1.165, 1.54) is 0 Å². The number of nitrogens with one attached hydrogen (secondary N) is 1. The molecule has 1 fully saturated rings. The van der Waals surface area contributed by atoms with Crippen molar-refractivity contribution < 1.29 is 14.3 Å². The van der Waals surface area contributed by atoms with Gasteiger partial charge in [0.1, 0.15) is 11.8 Å². The Kier molecular flexibility index (Phi) is 5.47. The number of carbonyl (C=O) groups is 2. The molecule has 2 rings (SSSR count). The number of nitrogens with zero attached hydrogens (tertiary/aromatic N) is 1. The Hall–Kier alpha value is -1.27. The number of piperazine rings is 1. The van der Waals surface area contributed by atoms with Gasteiger partial charge in [-0.1, -0.05) is 34.5 Å². The van der Waals surface area contributed by atoms with Crippen LogP contribution in [0.2, 0.25) is 5.02 Å². The third-order valence-electron chi connectivity index (χ3n) is 3.28. The summed E-state index contributed by atoms with van der Waals surface area (Å²) in [6, 6.07) is 4.76. The molecule has 0 aromatic heterocycles. The average molecular weight is 376 g/mol. The van der Waals surface area contributed by atoms with Crippen molar-refractivity contribution in [1.82, 2.24) is 10.2 Å². The summed E-state index contributed by atoms with van der Waals surface area (Å²) in [6.45, 7) is 2.72. The number of hydrogen-bond donors (Lipinski definition) is 1. The van der Waals surface area contributed by atoms with Crippen molar-refractivity contribution in [2.24, 2.45) is 0 Å². The first-order valence-corrected chi connectivity index (χ1v) is 7.85. The smallest absolute Gasteiger partial charge is 0.261 e.